The molecule has 0 aliphatic rings. The van der Waals surface area contributed by atoms with Crippen molar-refractivity contribution in [3.8, 4) is 6.07 Å². The predicted molar refractivity (Wildman–Crippen MR) is 62.8 cm³/mol. The molecule has 0 saturated carbocycles. The monoisotopic (exact) mass is 254 g/mol. The van der Waals surface area contributed by atoms with Crippen LogP contribution < -0.4 is 0 Å². The maximum atomic E-state index is 11.8. The van der Waals surface area contributed by atoms with Gasteiger partial charge in [0.1, 0.15) is 0 Å². The van der Waals surface area contributed by atoms with Gasteiger partial charge in [0.2, 0.25) is 10.0 Å². The molecule has 17 heavy (non-hydrogen) atoms. The second-order valence-electron chi connectivity index (χ2n) is 3.72. The lowest BCUT2D eigenvalue weighted by atomic mass is 10.0. The first-order chi connectivity index (χ1) is 7.93. The number of benzene rings is 1. The van der Waals surface area contributed by atoms with Crippen LogP contribution in [0.15, 0.2) is 29.2 Å². The molecule has 0 aliphatic heterocycles. The van der Waals surface area contributed by atoms with E-state index in [-0.39, 0.29) is 11.5 Å². The molecule has 1 unspecified atom stereocenters. The van der Waals surface area contributed by atoms with Crippen molar-refractivity contribution in [1.29, 1.82) is 5.26 Å². The summed E-state index contributed by atoms with van der Waals surface area (Å²) in [6, 6.07) is 7.89. The van der Waals surface area contributed by atoms with Crippen LogP contribution in [0.3, 0.4) is 0 Å². The van der Waals surface area contributed by atoms with E-state index in [1.165, 1.54) is 26.2 Å². The zero-order chi connectivity index (χ0) is 13.1. The van der Waals surface area contributed by atoms with Crippen molar-refractivity contribution >= 4 is 10.0 Å². The highest BCUT2D eigenvalue weighted by Crippen LogP contribution is 2.18. The molecule has 0 bridgehead atoms. The molecule has 0 aliphatic carbocycles. The average molecular weight is 254 g/mol. The van der Waals surface area contributed by atoms with E-state index < -0.39 is 15.9 Å². The summed E-state index contributed by atoms with van der Waals surface area (Å²) in [6.45, 7) is -0.281. The molecule has 1 rings (SSSR count). The molecule has 1 aromatic carbocycles. The normalized spacial score (nSPS) is 13.4. The highest BCUT2D eigenvalue weighted by Gasteiger charge is 2.17. The van der Waals surface area contributed by atoms with Crippen LogP contribution in [0.1, 0.15) is 11.5 Å². The first-order valence-corrected chi connectivity index (χ1v) is 6.40. The predicted octanol–water partition coefficient (Wildman–Crippen LogP) is 0.536. The third kappa shape index (κ3) is 2.82. The molecule has 0 saturated heterocycles. The van der Waals surface area contributed by atoms with Gasteiger partial charge >= 0.3 is 0 Å². The molecule has 0 aromatic heterocycles. The molecule has 0 amide bonds. The van der Waals surface area contributed by atoms with Crippen molar-refractivity contribution < 1.29 is 13.5 Å². The van der Waals surface area contributed by atoms with Crippen LogP contribution in [0.5, 0.6) is 0 Å². The van der Waals surface area contributed by atoms with E-state index in [9.17, 15) is 8.42 Å². The number of nitriles is 1. The number of nitrogens with zero attached hydrogens (tertiary/aromatic N) is 2. The van der Waals surface area contributed by atoms with E-state index in [4.69, 9.17) is 10.4 Å². The Hall–Kier alpha value is -1.42. The average Bonchev–Trinajstić information content (AvgIpc) is 2.31. The molecular weight excluding hydrogens is 240 g/mol. The molecule has 5 nitrogen and oxygen atoms in total. The Morgan fingerprint density at radius 1 is 1.35 bits per heavy atom. The summed E-state index contributed by atoms with van der Waals surface area (Å²) < 4.78 is 24.6. The third-order valence-corrected chi connectivity index (χ3v) is 4.23. The van der Waals surface area contributed by atoms with Gasteiger partial charge in [-0.3, -0.25) is 0 Å². The Bertz CT molecular complexity index is 515. The van der Waals surface area contributed by atoms with E-state index in [0.29, 0.717) is 5.56 Å². The standard InChI is InChI=1S/C11H14N2O3S/c1-13(2)17(15,16)11-5-3-9(4-6-11)10(7-12)8-14/h3-6,10,14H,8H2,1-2H3. The first kappa shape index (κ1) is 13.6. The minimum absolute atomic E-state index is 0.167. The van der Waals surface area contributed by atoms with Crippen LogP contribution in [0.4, 0.5) is 0 Å². The lowest BCUT2D eigenvalue weighted by Crippen LogP contribution is -2.22. The molecule has 1 aromatic rings. The lowest BCUT2D eigenvalue weighted by Gasteiger charge is -2.12. The van der Waals surface area contributed by atoms with Gasteiger partial charge in [0.25, 0.3) is 0 Å². The van der Waals surface area contributed by atoms with Gasteiger partial charge in [0.05, 0.1) is 23.5 Å². The van der Waals surface area contributed by atoms with Crippen LogP contribution in [-0.2, 0) is 10.0 Å². The summed E-state index contributed by atoms with van der Waals surface area (Å²) in [5, 5.41) is 17.7. The number of rotatable bonds is 4. The lowest BCUT2D eigenvalue weighted by molar-refractivity contribution is 0.286. The van der Waals surface area contributed by atoms with E-state index in [1.807, 2.05) is 6.07 Å². The minimum Gasteiger partial charge on any atom is -0.395 e. The molecule has 1 atom stereocenters. The number of aliphatic hydroxyl groups excluding tert-OH is 1. The minimum atomic E-state index is -3.44. The van der Waals surface area contributed by atoms with Gasteiger partial charge in [-0.1, -0.05) is 12.1 Å². The molecule has 1 N–H and O–H groups in total. The first-order valence-electron chi connectivity index (χ1n) is 4.96. The van der Waals surface area contributed by atoms with Gasteiger partial charge < -0.3 is 5.11 Å². The van der Waals surface area contributed by atoms with Crippen LogP contribution in [0, 0.1) is 11.3 Å². The highest BCUT2D eigenvalue weighted by molar-refractivity contribution is 7.89. The largest absolute Gasteiger partial charge is 0.395 e. The topological polar surface area (TPSA) is 81.4 Å². The van der Waals surface area contributed by atoms with E-state index in [2.05, 4.69) is 0 Å². The van der Waals surface area contributed by atoms with Crippen molar-refractivity contribution in [2.45, 2.75) is 10.8 Å². The summed E-state index contributed by atoms with van der Waals surface area (Å²) >= 11 is 0. The van der Waals surface area contributed by atoms with E-state index in [1.54, 1.807) is 12.1 Å². The van der Waals surface area contributed by atoms with Crippen LogP contribution in [-0.4, -0.2) is 38.5 Å². The fourth-order valence-corrected chi connectivity index (χ4v) is 2.21. The zero-order valence-corrected chi connectivity index (χ0v) is 10.5. The Morgan fingerprint density at radius 2 is 1.88 bits per heavy atom. The molecule has 92 valence electrons. The number of hydrogen-bond acceptors (Lipinski definition) is 4. The summed E-state index contributed by atoms with van der Waals surface area (Å²) in [4.78, 5) is 0.167. The second-order valence-corrected chi connectivity index (χ2v) is 5.87. The maximum absolute atomic E-state index is 11.8. The van der Waals surface area contributed by atoms with Gasteiger partial charge in [-0.05, 0) is 17.7 Å². The van der Waals surface area contributed by atoms with Crippen molar-refractivity contribution in [1.82, 2.24) is 4.31 Å². The van der Waals surface area contributed by atoms with Gasteiger partial charge in [-0.15, -0.1) is 0 Å². The molecule has 0 heterocycles. The molecule has 0 fully saturated rings. The third-order valence-electron chi connectivity index (χ3n) is 2.40. The smallest absolute Gasteiger partial charge is 0.242 e. The fraction of sp³-hybridized carbons (Fsp3) is 0.364. The van der Waals surface area contributed by atoms with Crippen LogP contribution in [0.2, 0.25) is 0 Å². The van der Waals surface area contributed by atoms with Gasteiger partial charge in [0, 0.05) is 14.1 Å². The van der Waals surface area contributed by atoms with Crippen LogP contribution in [0.25, 0.3) is 0 Å². The van der Waals surface area contributed by atoms with Crippen molar-refractivity contribution in [2.24, 2.45) is 0 Å². The molecule has 0 spiro atoms. The Morgan fingerprint density at radius 3 is 2.24 bits per heavy atom. The SMILES string of the molecule is CN(C)S(=O)(=O)c1ccc(C(C#N)CO)cc1. The molecular formula is C11H14N2O3S. The summed E-state index contributed by atoms with van der Waals surface area (Å²) in [5.41, 5.74) is 0.604. The van der Waals surface area contributed by atoms with Gasteiger partial charge in [-0.25, -0.2) is 12.7 Å². The second kappa shape index (κ2) is 5.27. The summed E-state index contributed by atoms with van der Waals surface area (Å²) in [7, 11) is -0.538. The molecule has 6 heteroatoms. The van der Waals surface area contributed by atoms with Crippen molar-refractivity contribution in [3.05, 3.63) is 29.8 Å². The molecule has 0 radical (unpaired) electrons. The maximum Gasteiger partial charge on any atom is 0.242 e. The summed E-state index contributed by atoms with van der Waals surface area (Å²) in [6.07, 6.45) is 0. The number of sulfonamides is 1. The summed E-state index contributed by atoms with van der Waals surface area (Å²) in [5.74, 6) is -0.619. The van der Waals surface area contributed by atoms with E-state index in [0.717, 1.165) is 4.31 Å². The quantitative estimate of drug-likeness (QED) is 0.850. The Balaban J connectivity index is 3.09. The van der Waals surface area contributed by atoms with Gasteiger partial charge in [0.15, 0.2) is 0 Å². The fourth-order valence-electron chi connectivity index (χ4n) is 1.30. The zero-order valence-electron chi connectivity index (χ0n) is 9.66. The Labute approximate surface area is 101 Å². The van der Waals surface area contributed by atoms with E-state index >= 15 is 0 Å². The van der Waals surface area contributed by atoms with Gasteiger partial charge in [-0.2, -0.15) is 5.26 Å². The highest BCUT2D eigenvalue weighted by atomic mass is 32.2. The number of aliphatic hydroxyl groups is 1. The van der Waals surface area contributed by atoms with Crippen LogP contribution >= 0.6 is 0 Å². The Kier molecular flexibility index (Phi) is 4.23. The number of hydrogen-bond donors (Lipinski definition) is 1. The van der Waals surface area contributed by atoms with Crippen molar-refractivity contribution in [3.63, 3.8) is 0 Å². The van der Waals surface area contributed by atoms with Crippen molar-refractivity contribution in [2.75, 3.05) is 20.7 Å².